The predicted octanol–water partition coefficient (Wildman–Crippen LogP) is 2.48. The van der Waals surface area contributed by atoms with Gasteiger partial charge in [0.1, 0.15) is 0 Å². The van der Waals surface area contributed by atoms with E-state index in [4.69, 9.17) is 28.3 Å². The van der Waals surface area contributed by atoms with Gasteiger partial charge < -0.3 is 15.3 Å². The summed E-state index contributed by atoms with van der Waals surface area (Å²) in [6.45, 7) is 3.18. The van der Waals surface area contributed by atoms with Gasteiger partial charge in [0.25, 0.3) is 0 Å². The van der Waals surface area contributed by atoms with Crippen molar-refractivity contribution in [1.29, 1.82) is 0 Å². The SMILES string of the molecule is CC(O)CNC(=O)N1CC(c2cc(Cl)cc(Cl)c2)C1. The van der Waals surface area contributed by atoms with E-state index >= 15 is 0 Å². The Kier molecular flexibility index (Phi) is 4.55. The van der Waals surface area contributed by atoms with Crippen LogP contribution in [0.2, 0.25) is 10.0 Å². The normalized spacial score (nSPS) is 16.9. The van der Waals surface area contributed by atoms with Crippen LogP contribution < -0.4 is 5.32 Å². The van der Waals surface area contributed by atoms with Crippen molar-refractivity contribution in [2.75, 3.05) is 19.6 Å². The van der Waals surface area contributed by atoms with Gasteiger partial charge in [-0.3, -0.25) is 0 Å². The van der Waals surface area contributed by atoms with E-state index in [1.807, 2.05) is 12.1 Å². The summed E-state index contributed by atoms with van der Waals surface area (Å²) in [5, 5.41) is 13.0. The number of urea groups is 1. The van der Waals surface area contributed by atoms with Gasteiger partial charge in [0.05, 0.1) is 6.10 Å². The lowest BCUT2D eigenvalue weighted by Gasteiger charge is -2.39. The summed E-state index contributed by atoms with van der Waals surface area (Å²) >= 11 is 11.9. The van der Waals surface area contributed by atoms with Crippen LogP contribution in [-0.4, -0.2) is 41.8 Å². The molecule has 104 valence electrons. The zero-order valence-electron chi connectivity index (χ0n) is 10.6. The Morgan fingerprint density at radius 2 is 2.00 bits per heavy atom. The summed E-state index contributed by atoms with van der Waals surface area (Å²) in [7, 11) is 0. The van der Waals surface area contributed by atoms with E-state index in [9.17, 15) is 4.79 Å². The highest BCUT2D eigenvalue weighted by atomic mass is 35.5. The van der Waals surface area contributed by atoms with Crippen LogP contribution >= 0.6 is 23.2 Å². The molecule has 1 atom stereocenters. The second kappa shape index (κ2) is 5.99. The van der Waals surface area contributed by atoms with Crippen LogP contribution in [0.15, 0.2) is 18.2 Å². The maximum Gasteiger partial charge on any atom is 0.317 e. The van der Waals surface area contributed by atoms with Crippen molar-refractivity contribution in [2.24, 2.45) is 0 Å². The highest BCUT2D eigenvalue weighted by Gasteiger charge is 2.31. The van der Waals surface area contributed by atoms with Gasteiger partial charge in [-0.15, -0.1) is 0 Å². The predicted molar refractivity (Wildman–Crippen MR) is 75.9 cm³/mol. The molecule has 1 aliphatic rings. The molecule has 2 amide bonds. The topological polar surface area (TPSA) is 52.6 Å². The summed E-state index contributed by atoms with van der Waals surface area (Å²) in [5.74, 6) is 0.272. The molecule has 2 N–H and O–H groups in total. The Labute approximate surface area is 122 Å². The number of amides is 2. The second-order valence-corrected chi connectivity index (χ2v) is 5.71. The van der Waals surface area contributed by atoms with Crippen molar-refractivity contribution in [3.63, 3.8) is 0 Å². The quantitative estimate of drug-likeness (QED) is 0.901. The molecule has 0 bridgehead atoms. The molecule has 0 spiro atoms. The van der Waals surface area contributed by atoms with Crippen molar-refractivity contribution in [3.05, 3.63) is 33.8 Å². The number of benzene rings is 1. The summed E-state index contributed by atoms with van der Waals surface area (Å²) in [4.78, 5) is 13.4. The fraction of sp³-hybridized carbons (Fsp3) is 0.462. The van der Waals surface area contributed by atoms with Gasteiger partial charge in [0.2, 0.25) is 0 Å². The molecule has 19 heavy (non-hydrogen) atoms. The molecule has 1 unspecified atom stereocenters. The van der Waals surface area contributed by atoms with Crippen molar-refractivity contribution < 1.29 is 9.90 Å². The average molecular weight is 303 g/mol. The molecule has 6 heteroatoms. The number of hydrogen-bond acceptors (Lipinski definition) is 2. The molecular weight excluding hydrogens is 287 g/mol. The lowest BCUT2D eigenvalue weighted by Crippen LogP contribution is -2.53. The summed E-state index contributed by atoms with van der Waals surface area (Å²) in [6.07, 6.45) is -0.534. The number of halogens is 2. The van der Waals surface area contributed by atoms with E-state index in [2.05, 4.69) is 5.32 Å². The van der Waals surface area contributed by atoms with Crippen LogP contribution in [-0.2, 0) is 0 Å². The van der Waals surface area contributed by atoms with Crippen LogP contribution in [0.5, 0.6) is 0 Å². The fourth-order valence-electron chi connectivity index (χ4n) is 2.01. The first-order chi connectivity index (χ1) is 8.95. The number of nitrogens with one attached hydrogen (secondary N) is 1. The van der Waals surface area contributed by atoms with Crippen molar-refractivity contribution >= 4 is 29.2 Å². The fourth-order valence-corrected chi connectivity index (χ4v) is 2.56. The number of rotatable bonds is 3. The maximum atomic E-state index is 11.7. The van der Waals surface area contributed by atoms with E-state index in [1.165, 1.54) is 0 Å². The van der Waals surface area contributed by atoms with Gasteiger partial charge in [-0.25, -0.2) is 4.79 Å². The van der Waals surface area contributed by atoms with Gasteiger partial charge in [-0.2, -0.15) is 0 Å². The Hall–Kier alpha value is -0.970. The molecule has 1 saturated heterocycles. The number of carbonyl (C=O) groups excluding carboxylic acids is 1. The highest BCUT2D eigenvalue weighted by molar-refractivity contribution is 6.34. The maximum absolute atomic E-state index is 11.7. The molecule has 1 fully saturated rings. The Morgan fingerprint density at radius 3 is 2.53 bits per heavy atom. The molecule has 1 aromatic rings. The number of nitrogens with zero attached hydrogens (tertiary/aromatic N) is 1. The minimum atomic E-state index is -0.534. The summed E-state index contributed by atoms with van der Waals surface area (Å²) in [5.41, 5.74) is 1.05. The molecule has 0 aliphatic carbocycles. The van der Waals surface area contributed by atoms with Crippen LogP contribution in [0, 0.1) is 0 Å². The molecule has 4 nitrogen and oxygen atoms in total. The highest BCUT2D eigenvalue weighted by Crippen LogP contribution is 2.30. The molecule has 0 radical (unpaired) electrons. The first-order valence-electron chi connectivity index (χ1n) is 6.12. The number of aliphatic hydroxyl groups excluding tert-OH is 1. The number of hydrogen-bond donors (Lipinski definition) is 2. The van der Waals surface area contributed by atoms with Gasteiger partial charge in [0, 0.05) is 35.6 Å². The minimum Gasteiger partial charge on any atom is -0.392 e. The van der Waals surface area contributed by atoms with E-state index < -0.39 is 6.10 Å². The van der Waals surface area contributed by atoms with E-state index in [1.54, 1.807) is 17.9 Å². The number of likely N-dealkylation sites (tertiary alicyclic amines) is 1. The first-order valence-corrected chi connectivity index (χ1v) is 6.88. The smallest absolute Gasteiger partial charge is 0.317 e. The Bertz CT molecular complexity index is 453. The Morgan fingerprint density at radius 1 is 1.42 bits per heavy atom. The standard InChI is InChI=1S/C13H16Cl2N2O2/c1-8(18)5-16-13(19)17-6-10(7-17)9-2-11(14)4-12(15)3-9/h2-4,8,10,18H,5-7H2,1H3,(H,16,19). The molecular formula is C13H16Cl2N2O2. The van der Waals surface area contributed by atoms with E-state index in [-0.39, 0.29) is 18.5 Å². The van der Waals surface area contributed by atoms with Crippen LogP contribution in [0.4, 0.5) is 4.79 Å². The summed E-state index contributed by atoms with van der Waals surface area (Å²) < 4.78 is 0. The van der Waals surface area contributed by atoms with E-state index in [0.29, 0.717) is 23.1 Å². The number of carbonyl (C=O) groups is 1. The lowest BCUT2D eigenvalue weighted by molar-refractivity contribution is 0.141. The third-order valence-electron chi connectivity index (χ3n) is 3.07. The van der Waals surface area contributed by atoms with Crippen LogP contribution in [0.25, 0.3) is 0 Å². The van der Waals surface area contributed by atoms with Gasteiger partial charge in [-0.05, 0) is 30.7 Å². The van der Waals surface area contributed by atoms with Gasteiger partial charge >= 0.3 is 6.03 Å². The zero-order valence-corrected chi connectivity index (χ0v) is 12.1. The molecule has 2 rings (SSSR count). The average Bonchev–Trinajstić information content (AvgIpc) is 2.22. The number of aliphatic hydroxyl groups is 1. The van der Waals surface area contributed by atoms with Crippen LogP contribution in [0.3, 0.4) is 0 Å². The third kappa shape index (κ3) is 3.75. The van der Waals surface area contributed by atoms with Crippen molar-refractivity contribution in [2.45, 2.75) is 18.9 Å². The Balaban J connectivity index is 1.87. The minimum absolute atomic E-state index is 0.148. The van der Waals surface area contributed by atoms with Crippen molar-refractivity contribution in [1.82, 2.24) is 10.2 Å². The van der Waals surface area contributed by atoms with Crippen molar-refractivity contribution in [3.8, 4) is 0 Å². The van der Waals surface area contributed by atoms with Crippen LogP contribution in [0.1, 0.15) is 18.4 Å². The molecule has 1 aliphatic heterocycles. The third-order valence-corrected chi connectivity index (χ3v) is 3.51. The van der Waals surface area contributed by atoms with E-state index in [0.717, 1.165) is 5.56 Å². The molecule has 0 aromatic heterocycles. The first kappa shape index (κ1) is 14.4. The lowest BCUT2D eigenvalue weighted by atomic mass is 9.92. The summed E-state index contributed by atoms with van der Waals surface area (Å²) in [6, 6.07) is 5.30. The monoisotopic (exact) mass is 302 g/mol. The molecule has 1 aromatic carbocycles. The second-order valence-electron chi connectivity index (χ2n) is 4.84. The molecule has 1 heterocycles. The van der Waals surface area contributed by atoms with Gasteiger partial charge in [-0.1, -0.05) is 23.2 Å². The zero-order chi connectivity index (χ0) is 14.0. The van der Waals surface area contributed by atoms with Gasteiger partial charge in [0.15, 0.2) is 0 Å². The molecule has 0 saturated carbocycles. The largest absolute Gasteiger partial charge is 0.392 e.